The topological polar surface area (TPSA) is 65.4 Å². The summed E-state index contributed by atoms with van der Waals surface area (Å²) in [5.41, 5.74) is 2.21. The van der Waals surface area contributed by atoms with Gasteiger partial charge in [0.05, 0.1) is 30.6 Å². The Kier molecular flexibility index (Phi) is 7.02. The van der Waals surface area contributed by atoms with E-state index >= 15 is 0 Å². The van der Waals surface area contributed by atoms with Crippen molar-refractivity contribution in [2.24, 2.45) is 5.41 Å². The van der Waals surface area contributed by atoms with E-state index in [0.29, 0.717) is 11.5 Å². The lowest BCUT2D eigenvalue weighted by molar-refractivity contribution is -0.127. The quantitative estimate of drug-likeness (QED) is 0.318. The molecule has 1 fully saturated rings. The van der Waals surface area contributed by atoms with Crippen LogP contribution in [0.25, 0.3) is 16.6 Å². The van der Waals surface area contributed by atoms with Crippen molar-refractivity contribution in [2.75, 3.05) is 7.11 Å². The molecule has 1 amide bonds. The summed E-state index contributed by atoms with van der Waals surface area (Å²) in [6.45, 7) is 3.94. The highest BCUT2D eigenvalue weighted by Crippen LogP contribution is 2.45. The minimum atomic E-state index is -0.470. The van der Waals surface area contributed by atoms with Crippen molar-refractivity contribution in [3.63, 3.8) is 0 Å². The fraction of sp³-hybridized carbons (Fsp3) is 0.310. The standard InChI is InChI=1S/C28H28FN3O3.CH4/c1-18(31-27(33)28(2)14-15-28)26(23-6-4-5-7-25(23)34-3)35-22-12-13-24-19(16-22)17-30-32(24)21-10-8-20(29)9-11-21;/h4-13,16-18,26H,14-15H2,1-3H3,(H,31,33);1H4/t18-,26-;/m0./s1. The lowest BCUT2D eigenvalue weighted by atomic mass is 10.0. The summed E-state index contributed by atoms with van der Waals surface area (Å²) in [6.07, 6.45) is 3.09. The maximum atomic E-state index is 13.3. The zero-order valence-electron chi connectivity index (χ0n) is 20.0. The zero-order chi connectivity index (χ0) is 24.6. The first-order chi connectivity index (χ1) is 16.9. The average molecular weight is 490 g/mol. The fourth-order valence-corrected chi connectivity index (χ4v) is 4.23. The third kappa shape index (κ3) is 4.91. The Hall–Kier alpha value is -3.87. The number of aromatic nitrogens is 2. The molecule has 1 aliphatic rings. The van der Waals surface area contributed by atoms with E-state index in [4.69, 9.17) is 9.47 Å². The minimum absolute atomic E-state index is 0. The molecule has 0 radical (unpaired) electrons. The van der Waals surface area contributed by atoms with Gasteiger partial charge in [0.2, 0.25) is 5.91 Å². The molecule has 36 heavy (non-hydrogen) atoms. The molecule has 0 aliphatic heterocycles. The predicted molar refractivity (Wildman–Crippen MR) is 139 cm³/mol. The lowest BCUT2D eigenvalue weighted by Gasteiger charge is -2.28. The highest BCUT2D eigenvalue weighted by Gasteiger charge is 2.45. The van der Waals surface area contributed by atoms with Crippen LogP contribution in [-0.4, -0.2) is 28.8 Å². The summed E-state index contributed by atoms with van der Waals surface area (Å²) >= 11 is 0. The van der Waals surface area contributed by atoms with Crippen LogP contribution in [0, 0.1) is 11.2 Å². The van der Waals surface area contributed by atoms with E-state index in [-0.39, 0.29) is 30.6 Å². The summed E-state index contributed by atoms with van der Waals surface area (Å²) in [6, 6.07) is 19.3. The monoisotopic (exact) mass is 489 g/mol. The number of halogens is 1. The first-order valence-electron chi connectivity index (χ1n) is 11.7. The van der Waals surface area contributed by atoms with Crippen LogP contribution in [0.3, 0.4) is 0 Å². The number of carbonyl (C=O) groups is 1. The molecule has 6 nitrogen and oxygen atoms in total. The summed E-state index contributed by atoms with van der Waals surface area (Å²) in [7, 11) is 1.63. The third-order valence-electron chi connectivity index (χ3n) is 6.68. The van der Waals surface area contributed by atoms with Gasteiger partial charge in [-0.05, 0) is 68.3 Å². The number of rotatable bonds is 8. The summed E-state index contributed by atoms with van der Waals surface area (Å²) < 4.78 is 27.2. The molecule has 2 atom stereocenters. The van der Waals surface area contributed by atoms with Gasteiger partial charge >= 0.3 is 0 Å². The van der Waals surface area contributed by atoms with Crippen LogP contribution in [0.2, 0.25) is 0 Å². The van der Waals surface area contributed by atoms with Crippen LogP contribution in [0.4, 0.5) is 4.39 Å². The first-order valence-corrected chi connectivity index (χ1v) is 11.7. The Balaban J connectivity index is 0.00000304. The second-order valence-corrected chi connectivity index (χ2v) is 9.36. The van der Waals surface area contributed by atoms with Gasteiger partial charge in [0.1, 0.15) is 23.4 Å². The smallest absolute Gasteiger partial charge is 0.226 e. The maximum absolute atomic E-state index is 13.3. The van der Waals surface area contributed by atoms with Crippen molar-refractivity contribution in [1.29, 1.82) is 0 Å². The van der Waals surface area contributed by atoms with E-state index in [1.807, 2.05) is 56.3 Å². The van der Waals surface area contributed by atoms with Crippen LogP contribution in [0.5, 0.6) is 11.5 Å². The molecular formula is C29H32FN3O3. The molecule has 0 spiro atoms. The number of hydrogen-bond donors (Lipinski definition) is 1. The number of benzene rings is 3. The molecule has 0 saturated heterocycles. The fourth-order valence-electron chi connectivity index (χ4n) is 4.23. The first kappa shape index (κ1) is 25.2. The number of methoxy groups -OCH3 is 1. The van der Waals surface area contributed by atoms with Gasteiger partial charge in [-0.1, -0.05) is 32.5 Å². The number of amides is 1. The van der Waals surface area contributed by atoms with Crippen LogP contribution < -0.4 is 14.8 Å². The molecule has 0 unspecified atom stereocenters. The van der Waals surface area contributed by atoms with Crippen LogP contribution in [0.1, 0.15) is 45.8 Å². The van der Waals surface area contributed by atoms with E-state index in [1.54, 1.807) is 30.1 Å². The number of hydrogen-bond acceptors (Lipinski definition) is 4. The Bertz CT molecular complexity index is 1360. The van der Waals surface area contributed by atoms with Crippen molar-refractivity contribution >= 4 is 16.8 Å². The number of carbonyl (C=O) groups excluding carboxylic acids is 1. The normalized spacial score (nSPS) is 15.4. The Morgan fingerprint density at radius 3 is 2.53 bits per heavy atom. The number of nitrogens with one attached hydrogen (secondary N) is 1. The van der Waals surface area contributed by atoms with Crippen molar-refractivity contribution < 1.29 is 18.7 Å². The minimum Gasteiger partial charge on any atom is -0.496 e. The van der Waals surface area contributed by atoms with E-state index in [2.05, 4.69) is 10.4 Å². The Morgan fingerprint density at radius 2 is 1.83 bits per heavy atom. The number of fused-ring (bicyclic) bond motifs is 1. The Labute approximate surface area is 211 Å². The van der Waals surface area contributed by atoms with Gasteiger partial charge < -0.3 is 14.8 Å². The molecular weight excluding hydrogens is 457 g/mol. The molecule has 1 aromatic heterocycles. The highest BCUT2D eigenvalue weighted by molar-refractivity contribution is 5.85. The molecule has 5 rings (SSSR count). The van der Waals surface area contributed by atoms with E-state index in [9.17, 15) is 9.18 Å². The zero-order valence-corrected chi connectivity index (χ0v) is 20.0. The van der Waals surface area contributed by atoms with Gasteiger partial charge in [-0.25, -0.2) is 9.07 Å². The van der Waals surface area contributed by atoms with Crippen LogP contribution in [-0.2, 0) is 4.79 Å². The highest BCUT2D eigenvalue weighted by atomic mass is 19.1. The molecule has 1 heterocycles. The maximum Gasteiger partial charge on any atom is 0.226 e. The van der Waals surface area contributed by atoms with Gasteiger partial charge in [-0.15, -0.1) is 0 Å². The summed E-state index contributed by atoms with van der Waals surface area (Å²) in [5, 5.41) is 8.51. The molecule has 1 saturated carbocycles. The van der Waals surface area contributed by atoms with Crippen molar-refractivity contribution in [2.45, 2.75) is 46.3 Å². The lowest BCUT2D eigenvalue weighted by Crippen LogP contribution is -2.42. The number of nitrogens with zero attached hydrogens (tertiary/aromatic N) is 2. The largest absolute Gasteiger partial charge is 0.496 e. The van der Waals surface area contributed by atoms with Gasteiger partial charge in [0.25, 0.3) is 0 Å². The van der Waals surface area contributed by atoms with Crippen molar-refractivity contribution in [3.05, 3.63) is 84.3 Å². The van der Waals surface area contributed by atoms with E-state index < -0.39 is 6.10 Å². The molecule has 7 heteroatoms. The third-order valence-corrected chi connectivity index (χ3v) is 6.68. The van der Waals surface area contributed by atoms with Gasteiger partial charge in [-0.3, -0.25) is 4.79 Å². The number of ether oxygens (including phenoxy) is 2. The SMILES string of the molecule is C.COc1ccccc1[C@@H](Oc1ccc2c(cnn2-c2ccc(F)cc2)c1)[C@H](C)NC(=O)C1(C)CC1. The van der Waals surface area contributed by atoms with E-state index in [0.717, 1.165) is 35.0 Å². The summed E-state index contributed by atoms with van der Waals surface area (Å²) in [5.74, 6) is 1.09. The average Bonchev–Trinajstić information content (AvgIpc) is 3.49. The Morgan fingerprint density at radius 1 is 1.11 bits per heavy atom. The molecule has 4 aromatic rings. The molecule has 1 N–H and O–H groups in total. The molecule has 1 aliphatic carbocycles. The number of para-hydroxylation sites is 1. The van der Waals surface area contributed by atoms with Crippen LogP contribution >= 0.6 is 0 Å². The molecule has 3 aromatic carbocycles. The summed E-state index contributed by atoms with van der Waals surface area (Å²) in [4.78, 5) is 12.8. The van der Waals surface area contributed by atoms with Gasteiger partial charge in [-0.2, -0.15) is 5.10 Å². The predicted octanol–water partition coefficient (Wildman–Crippen LogP) is 6.23. The van der Waals surface area contributed by atoms with Crippen molar-refractivity contribution in [1.82, 2.24) is 15.1 Å². The van der Waals surface area contributed by atoms with E-state index in [1.165, 1.54) is 12.1 Å². The molecule has 188 valence electrons. The van der Waals surface area contributed by atoms with Gasteiger partial charge in [0, 0.05) is 16.4 Å². The van der Waals surface area contributed by atoms with Crippen molar-refractivity contribution in [3.8, 4) is 17.2 Å². The second-order valence-electron chi connectivity index (χ2n) is 9.36. The van der Waals surface area contributed by atoms with Crippen LogP contribution in [0.15, 0.2) is 72.9 Å². The second kappa shape index (κ2) is 10.0. The van der Waals surface area contributed by atoms with Gasteiger partial charge in [0.15, 0.2) is 0 Å². The molecule has 0 bridgehead atoms.